The van der Waals surface area contributed by atoms with Gasteiger partial charge in [-0.25, -0.2) is 0 Å². The maximum Gasteiger partial charge on any atom is 1.00 e. The normalized spacial score (nSPS) is 16.2. The molecule has 1 heterocycles. The number of carboxylic acids is 2. The van der Waals surface area contributed by atoms with E-state index in [1.165, 1.54) is 0 Å². The number of hydrogen-bond donors (Lipinski definition) is 2. The monoisotopic (exact) mass is 293 g/mol. The minimum atomic E-state index is -2.44. The third-order valence-electron chi connectivity index (χ3n) is 2.09. The van der Waals surface area contributed by atoms with Crippen LogP contribution in [0.4, 0.5) is 0 Å². The van der Waals surface area contributed by atoms with E-state index in [0.29, 0.717) is 5.91 Å². The summed E-state index contributed by atoms with van der Waals surface area (Å²) in [6.45, 7) is 0.957. The number of carboxylic acid groups (broad SMARTS) is 2. The van der Waals surface area contributed by atoms with Gasteiger partial charge in [0.15, 0.2) is 0 Å². The molecule has 0 spiro atoms. The van der Waals surface area contributed by atoms with Gasteiger partial charge in [-0.2, -0.15) is 0 Å². The number of rotatable bonds is 3. The number of amides is 1. The van der Waals surface area contributed by atoms with Crippen molar-refractivity contribution in [3.8, 4) is 0 Å². The summed E-state index contributed by atoms with van der Waals surface area (Å²) in [5, 5.41) is 35.7. The molecule has 1 amide bonds. The standard InChI is InChI=1S/C5H9NO.C4H6O6.2Na/c1-6-4-2-3-5(6)7;5-1(3(7)8)2(6)4(9)10;;/h2-4H2,1H3;1-2,5-6H,(H,7,8)(H,9,10);;/q;;2*+1/p-2. The molecule has 2 N–H and O–H groups in total. The molecule has 10 heteroatoms. The van der Waals surface area contributed by atoms with Gasteiger partial charge < -0.3 is 34.9 Å². The largest absolute Gasteiger partial charge is 1.00 e. The molecular formula is C9H13NNa2O7. The van der Waals surface area contributed by atoms with E-state index < -0.39 is 24.1 Å². The van der Waals surface area contributed by atoms with E-state index in [0.717, 1.165) is 19.4 Å². The molecule has 1 rings (SSSR count). The van der Waals surface area contributed by atoms with E-state index in [2.05, 4.69) is 0 Å². The average molecular weight is 293 g/mol. The summed E-state index contributed by atoms with van der Waals surface area (Å²) < 4.78 is 0. The van der Waals surface area contributed by atoms with Crippen LogP contribution >= 0.6 is 0 Å². The van der Waals surface area contributed by atoms with E-state index in [4.69, 9.17) is 10.2 Å². The molecule has 0 aromatic rings. The first-order chi connectivity index (χ1) is 7.77. The summed E-state index contributed by atoms with van der Waals surface area (Å²) in [6.07, 6.45) is -3.07. The molecule has 2 atom stereocenters. The fourth-order valence-corrected chi connectivity index (χ4v) is 1.04. The first-order valence-corrected chi connectivity index (χ1v) is 4.79. The van der Waals surface area contributed by atoms with Gasteiger partial charge in [-0.15, -0.1) is 0 Å². The van der Waals surface area contributed by atoms with Crippen LogP contribution in [0.5, 0.6) is 0 Å². The minimum Gasteiger partial charge on any atom is -0.547 e. The molecule has 0 aromatic heterocycles. The van der Waals surface area contributed by atoms with Gasteiger partial charge in [0, 0.05) is 20.0 Å². The molecule has 8 nitrogen and oxygen atoms in total. The Morgan fingerprint density at radius 2 is 1.53 bits per heavy atom. The van der Waals surface area contributed by atoms with Crippen molar-refractivity contribution < 1.29 is 93.9 Å². The van der Waals surface area contributed by atoms with Gasteiger partial charge in [0.1, 0.15) is 12.2 Å². The van der Waals surface area contributed by atoms with Gasteiger partial charge in [-0.3, -0.25) is 4.79 Å². The molecule has 0 aliphatic carbocycles. The van der Waals surface area contributed by atoms with Crippen molar-refractivity contribution in [2.45, 2.75) is 25.0 Å². The van der Waals surface area contributed by atoms with E-state index >= 15 is 0 Å². The minimum absolute atomic E-state index is 0. The van der Waals surface area contributed by atoms with Gasteiger partial charge in [0.25, 0.3) is 0 Å². The zero-order chi connectivity index (χ0) is 13.6. The third-order valence-corrected chi connectivity index (χ3v) is 2.09. The molecule has 98 valence electrons. The van der Waals surface area contributed by atoms with Crippen LogP contribution in [0.1, 0.15) is 12.8 Å². The Labute approximate surface area is 154 Å². The summed E-state index contributed by atoms with van der Waals surface area (Å²) in [4.78, 5) is 31.5. The third kappa shape index (κ3) is 9.80. The molecule has 0 radical (unpaired) electrons. The predicted octanol–water partition coefficient (Wildman–Crippen LogP) is -10.5. The van der Waals surface area contributed by atoms with Crippen molar-refractivity contribution in [1.29, 1.82) is 0 Å². The van der Waals surface area contributed by atoms with Gasteiger partial charge in [0.2, 0.25) is 5.91 Å². The second kappa shape index (κ2) is 12.1. The fourth-order valence-electron chi connectivity index (χ4n) is 1.04. The van der Waals surface area contributed by atoms with Gasteiger partial charge in [-0.1, -0.05) is 0 Å². The maximum atomic E-state index is 10.5. The van der Waals surface area contributed by atoms with Crippen LogP contribution in [0.25, 0.3) is 0 Å². The second-order valence-electron chi connectivity index (χ2n) is 3.45. The van der Waals surface area contributed by atoms with E-state index in [1.807, 2.05) is 7.05 Å². The number of aliphatic hydroxyl groups is 2. The smallest absolute Gasteiger partial charge is 0.547 e. The van der Waals surface area contributed by atoms with E-state index in [9.17, 15) is 24.6 Å². The molecular weight excluding hydrogens is 280 g/mol. The number of aliphatic hydroxyl groups excluding tert-OH is 2. The first kappa shape index (κ1) is 24.4. The van der Waals surface area contributed by atoms with E-state index in [1.54, 1.807) is 4.90 Å². The van der Waals surface area contributed by atoms with Crippen LogP contribution < -0.4 is 69.3 Å². The average Bonchev–Trinajstić information content (AvgIpc) is 2.61. The number of aliphatic carboxylic acids is 2. The Kier molecular flexibility index (Phi) is 15.5. The van der Waals surface area contributed by atoms with Crippen molar-refractivity contribution in [1.82, 2.24) is 4.90 Å². The van der Waals surface area contributed by atoms with Crippen molar-refractivity contribution in [3.05, 3.63) is 0 Å². The Bertz CT molecular complexity index is 295. The zero-order valence-electron chi connectivity index (χ0n) is 11.2. The number of carbonyl (C=O) groups excluding carboxylic acids is 3. The van der Waals surface area contributed by atoms with Crippen molar-refractivity contribution in [3.63, 3.8) is 0 Å². The molecule has 1 aliphatic rings. The van der Waals surface area contributed by atoms with Crippen molar-refractivity contribution in [2.24, 2.45) is 0 Å². The molecule has 19 heavy (non-hydrogen) atoms. The summed E-state index contributed by atoms with van der Waals surface area (Å²) in [5.74, 6) is -3.83. The molecule has 1 fully saturated rings. The maximum absolute atomic E-state index is 10.5. The Morgan fingerprint density at radius 1 is 1.16 bits per heavy atom. The van der Waals surface area contributed by atoms with E-state index in [-0.39, 0.29) is 59.1 Å². The molecule has 1 aliphatic heterocycles. The van der Waals surface area contributed by atoms with Gasteiger partial charge in [0.05, 0.1) is 11.9 Å². The molecule has 2 unspecified atom stereocenters. The number of nitrogens with zero attached hydrogens (tertiary/aromatic N) is 1. The fraction of sp³-hybridized carbons (Fsp3) is 0.667. The molecule has 0 aromatic carbocycles. The Balaban J connectivity index is -0.000000253. The summed E-state index contributed by atoms with van der Waals surface area (Å²) in [7, 11) is 1.84. The number of hydrogen-bond acceptors (Lipinski definition) is 7. The van der Waals surface area contributed by atoms with Crippen LogP contribution in [0.2, 0.25) is 0 Å². The van der Waals surface area contributed by atoms with Crippen molar-refractivity contribution in [2.75, 3.05) is 13.6 Å². The molecule has 0 bridgehead atoms. The summed E-state index contributed by atoms with van der Waals surface area (Å²) in [5.41, 5.74) is 0. The molecule has 1 saturated heterocycles. The van der Waals surface area contributed by atoms with Gasteiger partial charge in [-0.05, 0) is 6.42 Å². The SMILES string of the molecule is CN1CCCC1=O.O=C([O-])C(O)C(O)C(=O)[O-].[Na+].[Na+]. The topological polar surface area (TPSA) is 141 Å². The Hall–Kier alpha value is 0.330. The molecule has 0 saturated carbocycles. The van der Waals surface area contributed by atoms with Crippen molar-refractivity contribution >= 4 is 17.8 Å². The van der Waals surface area contributed by atoms with Crippen LogP contribution in [0.15, 0.2) is 0 Å². The van der Waals surface area contributed by atoms with Gasteiger partial charge >= 0.3 is 59.1 Å². The van der Waals surface area contributed by atoms with Crippen LogP contribution in [-0.2, 0) is 14.4 Å². The predicted molar refractivity (Wildman–Crippen MR) is 48.9 cm³/mol. The Morgan fingerprint density at radius 3 is 1.63 bits per heavy atom. The van der Waals surface area contributed by atoms with Crippen LogP contribution in [0.3, 0.4) is 0 Å². The summed E-state index contributed by atoms with van der Waals surface area (Å²) >= 11 is 0. The quantitative estimate of drug-likeness (QED) is 0.492. The number of carbonyl (C=O) groups is 3. The summed E-state index contributed by atoms with van der Waals surface area (Å²) in [6, 6.07) is 0. The second-order valence-corrected chi connectivity index (χ2v) is 3.45. The first-order valence-electron chi connectivity index (χ1n) is 4.79. The van der Waals surface area contributed by atoms with Crippen LogP contribution in [-0.4, -0.2) is 58.8 Å². The van der Waals surface area contributed by atoms with Crippen LogP contribution in [0, 0.1) is 0 Å². The zero-order valence-corrected chi connectivity index (χ0v) is 15.2. The number of likely N-dealkylation sites (tertiary alicyclic amines) is 1.